The second-order valence-electron chi connectivity index (χ2n) is 5.94. The number of rotatable bonds is 4. The number of hydrogen-bond acceptors (Lipinski definition) is 2. The highest BCUT2D eigenvalue weighted by atomic mass is 16.5. The Kier molecular flexibility index (Phi) is 4.76. The summed E-state index contributed by atoms with van der Waals surface area (Å²) >= 11 is 0. The molecule has 0 amide bonds. The van der Waals surface area contributed by atoms with Crippen molar-refractivity contribution in [3.63, 3.8) is 0 Å². The standard InChI is InChI=1S/C19H25NO/c1-2-20-17-12-4-3-5-13-19(17)21-18-14-8-10-15-9-6-7-11-16(15)18/h6-11,14,17,19-20H,2-5,12-13H2,1H3. The Hall–Kier alpha value is -1.54. The van der Waals surface area contributed by atoms with Crippen molar-refractivity contribution in [2.75, 3.05) is 6.54 Å². The molecular formula is C19H25NO. The minimum absolute atomic E-state index is 0.290. The van der Waals surface area contributed by atoms with Gasteiger partial charge in [-0.15, -0.1) is 0 Å². The van der Waals surface area contributed by atoms with E-state index in [4.69, 9.17) is 4.74 Å². The first-order valence-corrected chi connectivity index (χ1v) is 8.26. The van der Waals surface area contributed by atoms with Gasteiger partial charge in [0.2, 0.25) is 0 Å². The van der Waals surface area contributed by atoms with Crippen LogP contribution in [-0.4, -0.2) is 18.7 Å². The molecule has 0 spiro atoms. The molecule has 1 aliphatic rings. The Balaban J connectivity index is 1.85. The SMILES string of the molecule is CCNC1CCCCCC1Oc1cccc2ccccc12. The second kappa shape index (κ2) is 6.95. The molecule has 0 bridgehead atoms. The highest BCUT2D eigenvalue weighted by Crippen LogP contribution is 2.29. The molecule has 1 saturated carbocycles. The number of benzene rings is 2. The zero-order chi connectivity index (χ0) is 14.5. The van der Waals surface area contributed by atoms with Crippen molar-refractivity contribution in [3.05, 3.63) is 42.5 Å². The summed E-state index contributed by atoms with van der Waals surface area (Å²) < 4.78 is 6.45. The van der Waals surface area contributed by atoms with Crippen molar-refractivity contribution in [2.45, 2.75) is 51.2 Å². The third kappa shape index (κ3) is 3.38. The van der Waals surface area contributed by atoms with E-state index in [1.807, 2.05) is 0 Å². The van der Waals surface area contributed by atoms with Gasteiger partial charge in [0.05, 0.1) is 0 Å². The summed E-state index contributed by atoms with van der Waals surface area (Å²) in [6, 6.07) is 15.3. The summed E-state index contributed by atoms with van der Waals surface area (Å²) in [6.45, 7) is 3.19. The van der Waals surface area contributed by atoms with Gasteiger partial charge in [-0.25, -0.2) is 0 Å². The molecule has 2 unspecified atom stereocenters. The molecule has 2 heteroatoms. The van der Waals surface area contributed by atoms with E-state index in [1.54, 1.807) is 0 Å². The lowest BCUT2D eigenvalue weighted by Crippen LogP contribution is -2.42. The van der Waals surface area contributed by atoms with Crippen molar-refractivity contribution in [2.24, 2.45) is 0 Å². The first kappa shape index (κ1) is 14.4. The van der Waals surface area contributed by atoms with Crippen LogP contribution in [0.2, 0.25) is 0 Å². The average molecular weight is 283 g/mol. The van der Waals surface area contributed by atoms with E-state index >= 15 is 0 Å². The normalized spacial score (nSPS) is 22.9. The molecule has 0 aliphatic heterocycles. The zero-order valence-corrected chi connectivity index (χ0v) is 12.8. The average Bonchev–Trinajstić information content (AvgIpc) is 2.74. The number of hydrogen-bond donors (Lipinski definition) is 1. The van der Waals surface area contributed by atoms with Gasteiger partial charge in [-0.05, 0) is 37.3 Å². The van der Waals surface area contributed by atoms with E-state index in [2.05, 4.69) is 54.7 Å². The first-order valence-electron chi connectivity index (χ1n) is 8.26. The smallest absolute Gasteiger partial charge is 0.127 e. The second-order valence-corrected chi connectivity index (χ2v) is 5.94. The molecule has 3 rings (SSSR count). The molecule has 1 N–H and O–H groups in total. The maximum atomic E-state index is 6.45. The van der Waals surface area contributed by atoms with Crippen LogP contribution in [0.3, 0.4) is 0 Å². The molecule has 112 valence electrons. The van der Waals surface area contributed by atoms with Crippen LogP contribution in [0.1, 0.15) is 39.0 Å². The minimum atomic E-state index is 0.290. The van der Waals surface area contributed by atoms with Crippen LogP contribution in [0.15, 0.2) is 42.5 Å². The van der Waals surface area contributed by atoms with Crippen molar-refractivity contribution < 1.29 is 4.74 Å². The van der Waals surface area contributed by atoms with Crippen LogP contribution in [0.25, 0.3) is 10.8 Å². The van der Waals surface area contributed by atoms with E-state index < -0.39 is 0 Å². The molecule has 0 radical (unpaired) electrons. The molecule has 2 aromatic carbocycles. The van der Waals surface area contributed by atoms with Crippen LogP contribution in [-0.2, 0) is 0 Å². The summed E-state index contributed by atoms with van der Waals surface area (Å²) in [6.07, 6.45) is 6.59. The molecule has 0 saturated heterocycles. The van der Waals surface area contributed by atoms with E-state index in [0.29, 0.717) is 12.1 Å². The van der Waals surface area contributed by atoms with Gasteiger partial charge >= 0.3 is 0 Å². The topological polar surface area (TPSA) is 21.3 Å². The van der Waals surface area contributed by atoms with E-state index in [1.165, 1.54) is 36.5 Å². The molecule has 0 aromatic heterocycles. The monoisotopic (exact) mass is 283 g/mol. The summed E-state index contributed by atoms with van der Waals surface area (Å²) in [5.74, 6) is 1.03. The van der Waals surface area contributed by atoms with E-state index in [0.717, 1.165) is 18.7 Å². The molecule has 1 aliphatic carbocycles. The van der Waals surface area contributed by atoms with Gasteiger partial charge in [-0.2, -0.15) is 0 Å². The van der Waals surface area contributed by atoms with Gasteiger partial charge in [0.25, 0.3) is 0 Å². The predicted octanol–water partition coefficient (Wildman–Crippen LogP) is 4.53. The van der Waals surface area contributed by atoms with Crippen molar-refractivity contribution >= 4 is 10.8 Å². The zero-order valence-electron chi connectivity index (χ0n) is 12.8. The lowest BCUT2D eigenvalue weighted by molar-refractivity contribution is 0.147. The summed E-state index contributed by atoms with van der Waals surface area (Å²) in [5, 5.41) is 6.09. The maximum Gasteiger partial charge on any atom is 0.127 e. The van der Waals surface area contributed by atoms with Gasteiger partial charge in [-0.3, -0.25) is 0 Å². The quantitative estimate of drug-likeness (QED) is 0.832. The Bertz CT molecular complexity index is 575. The fourth-order valence-corrected chi connectivity index (χ4v) is 3.37. The van der Waals surface area contributed by atoms with Gasteiger partial charge in [0, 0.05) is 11.4 Å². The van der Waals surface area contributed by atoms with Crippen LogP contribution in [0.4, 0.5) is 0 Å². The predicted molar refractivity (Wildman–Crippen MR) is 88.9 cm³/mol. The Morgan fingerprint density at radius 3 is 2.71 bits per heavy atom. The number of nitrogens with one attached hydrogen (secondary N) is 1. The van der Waals surface area contributed by atoms with Crippen molar-refractivity contribution in [1.29, 1.82) is 0 Å². The molecule has 2 atom stereocenters. The van der Waals surface area contributed by atoms with Crippen molar-refractivity contribution in [3.8, 4) is 5.75 Å². The highest BCUT2D eigenvalue weighted by Gasteiger charge is 2.24. The fraction of sp³-hybridized carbons (Fsp3) is 0.474. The lowest BCUT2D eigenvalue weighted by Gasteiger charge is -2.27. The number of ether oxygens (including phenoxy) is 1. The molecule has 2 nitrogen and oxygen atoms in total. The fourth-order valence-electron chi connectivity index (χ4n) is 3.37. The van der Waals surface area contributed by atoms with E-state index in [9.17, 15) is 0 Å². The molecule has 21 heavy (non-hydrogen) atoms. The first-order chi connectivity index (χ1) is 10.4. The van der Waals surface area contributed by atoms with Crippen LogP contribution < -0.4 is 10.1 Å². The van der Waals surface area contributed by atoms with Crippen LogP contribution in [0, 0.1) is 0 Å². The maximum absolute atomic E-state index is 6.45. The Morgan fingerprint density at radius 1 is 1.00 bits per heavy atom. The summed E-state index contributed by atoms with van der Waals surface area (Å²) in [4.78, 5) is 0. The molecule has 2 aromatic rings. The van der Waals surface area contributed by atoms with Gasteiger partial charge in [0.15, 0.2) is 0 Å². The third-order valence-corrected chi connectivity index (χ3v) is 4.45. The van der Waals surface area contributed by atoms with Crippen molar-refractivity contribution in [1.82, 2.24) is 5.32 Å². The van der Waals surface area contributed by atoms with Gasteiger partial charge < -0.3 is 10.1 Å². The van der Waals surface area contributed by atoms with Crippen LogP contribution in [0.5, 0.6) is 5.75 Å². The Labute approximate surface area is 127 Å². The molecule has 1 fully saturated rings. The molecular weight excluding hydrogens is 258 g/mol. The summed E-state index contributed by atoms with van der Waals surface area (Å²) in [7, 11) is 0. The van der Waals surface area contributed by atoms with Crippen LogP contribution >= 0.6 is 0 Å². The molecule has 0 heterocycles. The van der Waals surface area contributed by atoms with E-state index in [-0.39, 0.29) is 0 Å². The summed E-state index contributed by atoms with van der Waals surface area (Å²) in [5.41, 5.74) is 0. The minimum Gasteiger partial charge on any atom is -0.488 e. The number of fused-ring (bicyclic) bond motifs is 1. The van der Waals surface area contributed by atoms with Gasteiger partial charge in [0.1, 0.15) is 11.9 Å². The highest BCUT2D eigenvalue weighted by molar-refractivity contribution is 5.88. The van der Waals surface area contributed by atoms with Gasteiger partial charge in [-0.1, -0.05) is 56.2 Å². The largest absolute Gasteiger partial charge is 0.488 e. The number of likely N-dealkylation sites (N-methyl/N-ethyl adjacent to an activating group) is 1. The Morgan fingerprint density at radius 2 is 1.81 bits per heavy atom. The lowest BCUT2D eigenvalue weighted by atomic mass is 10.1. The third-order valence-electron chi connectivity index (χ3n) is 4.45.